The Balaban J connectivity index is 1.68. The average molecular weight is 564 g/mol. The molecular formula is C35H34ClN3O2. The van der Waals surface area contributed by atoms with Crippen LogP contribution in [0.1, 0.15) is 66.6 Å². The molecule has 0 radical (unpaired) electrons. The Morgan fingerprint density at radius 2 is 1.59 bits per heavy atom. The highest BCUT2D eigenvalue weighted by molar-refractivity contribution is 6.31. The van der Waals surface area contributed by atoms with Crippen LogP contribution < -0.4 is 5.56 Å². The van der Waals surface area contributed by atoms with Crippen LogP contribution in [0.15, 0.2) is 102 Å². The molecule has 1 aromatic heterocycles. The normalized spacial score (nSPS) is 12.3. The lowest BCUT2D eigenvalue weighted by molar-refractivity contribution is 0.0664. The molecule has 208 valence electrons. The molecule has 0 saturated heterocycles. The van der Waals surface area contributed by atoms with Crippen LogP contribution in [0.4, 0.5) is 0 Å². The van der Waals surface area contributed by atoms with Crippen molar-refractivity contribution in [3.63, 3.8) is 0 Å². The molecule has 1 heterocycles. The van der Waals surface area contributed by atoms with Crippen molar-refractivity contribution in [1.29, 1.82) is 0 Å². The number of carbonyl (C=O) groups is 1. The molecule has 41 heavy (non-hydrogen) atoms. The van der Waals surface area contributed by atoms with Gasteiger partial charge < -0.3 is 4.90 Å². The third-order valence-corrected chi connectivity index (χ3v) is 7.68. The van der Waals surface area contributed by atoms with Gasteiger partial charge in [-0.15, -0.1) is 0 Å². The fourth-order valence-electron chi connectivity index (χ4n) is 4.98. The molecule has 5 aromatic rings. The highest BCUT2D eigenvalue weighted by Gasteiger charge is 2.28. The van der Waals surface area contributed by atoms with Gasteiger partial charge in [0.15, 0.2) is 0 Å². The predicted octanol–water partition coefficient (Wildman–Crippen LogP) is 8.05. The van der Waals surface area contributed by atoms with Crippen molar-refractivity contribution in [3.05, 3.63) is 141 Å². The van der Waals surface area contributed by atoms with Crippen LogP contribution in [0.3, 0.4) is 0 Å². The minimum atomic E-state index is -0.553. The number of nitrogens with zero attached hydrogens (tertiary/aromatic N) is 3. The number of hydrogen-bond acceptors (Lipinski definition) is 3. The van der Waals surface area contributed by atoms with E-state index in [2.05, 4.69) is 20.8 Å². The summed E-state index contributed by atoms with van der Waals surface area (Å²) in [5.74, 6) is 0.321. The summed E-state index contributed by atoms with van der Waals surface area (Å²) in [6.07, 6.45) is 0. The first-order valence-electron chi connectivity index (χ1n) is 13.8. The lowest BCUT2D eigenvalue weighted by Crippen LogP contribution is -2.37. The summed E-state index contributed by atoms with van der Waals surface area (Å²) >= 11 is 6.31. The van der Waals surface area contributed by atoms with Gasteiger partial charge in [-0.05, 0) is 72.9 Å². The van der Waals surface area contributed by atoms with Gasteiger partial charge in [0.2, 0.25) is 0 Å². The number of rotatable bonds is 6. The summed E-state index contributed by atoms with van der Waals surface area (Å²) < 4.78 is 1.62. The van der Waals surface area contributed by atoms with Crippen molar-refractivity contribution < 1.29 is 4.79 Å². The molecule has 6 heteroatoms. The number of amides is 1. The second-order valence-corrected chi connectivity index (χ2v) is 12.0. The van der Waals surface area contributed by atoms with Crippen LogP contribution in [-0.2, 0) is 12.0 Å². The minimum absolute atomic E-state index is 0.0288. The number of hydrogen-bond donors (Lipinski definition) is 0. The first-order valence-corrected chi connectivity index (χ1v) is 14.2. The quantitative estimate of drug-likeness (QED) is 0.210. The number of halogens is 1. The van der Waals surface area contributed by atoms with E-state index in [9.17, 15) is 9.59 Å². The Morgan fingerprint density at radius 1 is 0.927 bits per heavy atom. The van der Waals surface area contributed by atoms with Crippen LogP contribution in [0.25, 0.3) is 16.6 Å². The Labute approximate surface area is 246 Å². The smallest absolute Gasteiger partial charge is 0.266 e. The van der Waals surface area contributed by atoms with Gasteiger partial charge in [-0.1, -0.05) is 92.5 Å². The first-order chi connectivity index (χ1) is 19.5. The molecule has 1 atom stereocenters. The van der Waals surface area contributed by atoms with Crippen molar-refractivity contribution in [2.24, 2.45) is 0 Å². The number of aryl methyl sites for hydroxylation is 1. The van der Waals surface area contributed by atoms with Gasteiger partial charge in [0, 0.05) is 17.1 Å². The Kier molecular flexibility index (Phi) is 7.83. The molecule has 0 aliphatic heterocycles. The SMILES string of the molecule is Cc1ccc(-n2c(C(C)N(Cc3ccccc3)C(=O)c3ccc(C(C)(C)C)cc3)nc3cc(Cl)ccc3c2=O)cc1. The summed E-state index contributed by atoms with van der Waals surface area (Å²) in [7, 11) is 0. The molecule has 1 unspecified atom stereocenters. The van der Waals surface area contributed by atoms with Crippen molar-refractivity contribution in [2.75, 3.05) is 0 Å². The summed E-state index contributed by atoms with van der Waals surface area (Å²) in [5.41, 5.74) is 4.73. The molecule has 4 aromatic carbocycles. The second kappa shape index (κ2) is 11.3. The third kappa shape index (κ3) is 5.96. The molecule has 0 bridgehead atoms. The molecule has 0 spiro atoms. The van der Waals surface area contributed by atoms with Crippen molar-refractivity contribution in [2.45, 2.75) is 52.6 Å². The Morgan fingerprint density at radius 3 is 2.22 bits per heavy atom. The van der Waals surface area contributed by atoms with E-state index in [1.54, 1.807) is 27.7 Å². The first kappa shape index (κ1) is 28.3. The molecule has 0 aliphatic rings. The number of benzene rings is 4. The van der Waals surface area contributed by atoms with Crippen LogP contribution in [-0.4, -0.2) is 20.4 Å². The van der Waals surface area contributed by atoms with Crippen molar-refractivity contribution >= 4 is 28.4 Å². The fraction of sp³-hybridized carbons (Fsp3) is 0.229. The van der Waals surface area contributed by atoms with Gasteiger partial charge in [-0.2, -0.15) is 0 Å². The van der Waals surface area contributed by atoms with E-state index in [4.69, 9.17) is 16.6 Å². The highest BCUT2D eigenvalue weighted by Crippen LogP contribution is 2.28. The molecule has 1 amide bonds. The average Bonchev–Trinajstić information content (AvgIpc) is 2.96. The maximum atomic E-state index is 14.2. The third-order valence-electron chi connectivity index (χ3n) is 7.45. The van der Waals surface area contributed by atoms with Gasteiger partial charge in [-0.3, -0.25) is 14.2 Å². The Hall–Kier alpha value is -4.22. The zero-order chi connectivity index (χ0) is 29.3. The van der Waals surface area contributed by atoms with E-state index in [-0.39, 0.29) is 16.9 Å². The maximum absolute atomic E-state index is 14.2. The fourth-order valence-corrected chi connectivity index (χ4v) is 5.15. The maximum Gasteiger partial charge on any atom is 0.266 e. The van der Waals surface area contributed by atoms with E-state index in [1.807, 2.05) is 92.7 Å². The topological polar surface area (TPSA) is 55.2 Å². The largest absolute Gasteiger partial charge is 0.324 e. The van der Waals surface area contributed by atoms with E-state index in [0.717, 1.165) is 16.7 Å². The monoisotopic (exact) mass is 563 g/mol. The minimum Gasteiger partial charge on any atom is -0.324 e. The zero-order valence-corrected chi connectivity index (χ0v) is 24.8. The lowest BCUT2D eigenvalue weighted by Gasteiger charge is -2.31. The second-order valence-electron chi connectivity index (χ2n) is 11.5. The molecule has 5 rings (SSSR count). The molecule has 5 nitrogen and oxygen atoms in total. The van der Waals surface area contributed by atoms with Crippen LogP contribution >= 0.6 is 11.6 Å². The molecule has 0 aliphatic carbocycles. The number of fused-ring (bicyclic) bond motifs is 1. The predicted molar refractivity (Wildman–Crippen MR) is 167 cm³/mol. The number of carbonyl (C=O) groups excluding carboxylic acids is 1. The summed E-state index contributed by atoms with van der Waals surface area (Å²) in [6.45, 7) is 10.7. The molecule has 0 saturated carbocycles. The molecule has 0 N–H and O–H groups in total. The molecule has 0 fully saturated rings. The zero-order valence-electron chi connectivity index (χ0n) is 24.1. The Bertz CT molecular complexity index is 1750. The van der Waals surface area contributed by atoms with E-state index >= 15 is 0 Å². The van der Waals surface area contributed by atoms with E-state index < -0.39 is 6.04 Å². The van der Waals surface area contributed by atoms with Gasteiger partial charge >= 0.3 is 0 Å². The van der Waals surface area contributed by atoms with Crippen LogP contribution in [0, 0.1) is 6.92 Å². The van der Waals surface area contributed by atoms with Gasteiger partial charge in [0.05, 0.1) is 22.6 Å². The summed E-state index contributed by atoms with van der Waals surface area (Å²) in [6, 6.07) is 29.9. The lowest BCUT2D eigenvalue weighted by atomic mass is 9.86. The highest BCUT2D eigenvalue weighted by atomic mass is 35.5. The van der Waals surface area contributed by atoms with Crippen molar-refractivity contribution in [3.8, 4) is 5.69 Å². The molecular weight excluding hydrogens is 530 g/mol. The van der Waals surface area contributed by atoms with Crippen molar-refractivity contribution in [1.82, 2.24) is 14.5 Å². The van der Waals surface area contributed by atoms with Gasteiger partial charge in [-0.25, -0.2) is 4.98 Å². The number of aromatic nitrogens is 2. The standard InChI is InChI=1S/C35H34ClN3O2/c1-23-11-18-29(19-12-23)39-32(37-31-21-28(36)17-20-30(31)34(39)41)24(2)38(22-25-9-7-6-8-10-25)33(40)26-13-15-27(16-14-26)35(3,4)5/h6-21,24H,22H2,1-5H3. The summed E-state index contributed by atoms with van der Waals surface area (Å²) in [5, 5.41) is 0.955. The van der Waals surface area contributed by atoms with Gasteiger partial charge in [0.25, 0.3) is 11.5 Å². The van der Waals surface area contributed by atoms with Gasteiger partial charge in [0.1, 0.15) is 5.82 Å². The van der Waals surface area contributed by atoms with E-state index in [1.165, 1.54) is 0 Å². The van der Waals surface area contributed by atoms with Crippen LogP contribution in [0.2, 0.25) is 5.02 Å². The van der Waals surface area contributed by atoms with E-state index in [0.29, 0.717) is 39.5 Å². The van der Waals surface area contributed by atoms with Crippen LogP contribution in [0.5, 0.6) is 0 Å². The summed E-state index contributed by atoms with van der Waals surface area (Å²) in [4.78, 5) is 34.9.